The van der Waals surface area contributed by atoms with Crippen LogP contribution in [0.3, 0.4) is 0 Å². The molecule has 2 rings (SSSR count). The molecule has 3 N–H and O–H groups in total. The number of amides is 1. The molecule has 1 heterocycles. The number of benzene rings is 1. The zero-order valence-electron chi connectivity index (χ0n) is 9.83. The molecule has 0 fully saturated rings. The maximum Gasteiger partial charge on any atom is 0.345 e. The van der Waals surface area contributed by atoms with Crippen LogP contribution in [0.2, 0.25) is 0 Å². The van der Waals surface area contributed by atoms with E-state index in [-0.39, 0.29) is 0 Å². The molecule has 1 aromatic carbocycles. The summed E-state index contributed by atoms with van der Waals surface area (Å²) in [6.45, 7) is 0. The van der Waals surface area contributed by atoms with E-state index < -0.39 is 11.9 Å². The molecule has 6 heteroatoms. The summed E-state index contributed by atoms with van der Waals surface area (Å²) < 4.78 is 0. The highest BCUT2D eigenvalue weighted by atomic mass is 32.2. The third-order valence-corrected chi connectivity index (χ3v) is 4.52. The first-order valence-electron chi connectivity index (χ1n) is 5.39. The van der Waals surface area contributed by atoms with Crippen molar-refractivity contribution in [3.63, 3.8) is 0 Å². The Morgan fingerprint density at radius 3 is 2.74 bits per heavy atom. The molecule has 0 spiro atoms. The van der Waals surface area contributed by atoms with E-state index >= 15 is 0 Å². The zero-order valence-corrected chi connectivity index (χ0v) is 11.5. The summed E-state index contributed by atoms with van der Waals surface area (Å²) in [5.41, 5.74) is 6.67. The Balaban J connectivity index is 2.03. The highest BCUT2D eigenvalue weighted by Gasteiger charge is 2.07. The van der Waals surface area contributed by atoms with Gasteiger partial charge in [-0.1, -0.05) is 12.1 Å². The summed E-state index contributed by atoms with van der Waals surface area (Å²) in [4.78, 5) is 23.1. The summed E-state index contributed by atoms with van der Waals surface area (Å²) >= 11 is 2.73. The van der Waals surface area contributed by atoms with Crippen molar-refractivity contribution in [2.75, 3.05) is 0 Å². The van der Waals surface area contributed by atoms with Gasteiger partial charge in [0.15, 0.2) is 0 Å². The van der Waals surface area contributed by atoms with Crippen molar-refractivity contribution in [2.45, 2.75) is 10.6 Å². The van der Waals surface area contributed by atoms with Crippen molar-refractivity contribution in [3.8, 4) is 0 Å². The molecule has 0 saturated heterocycles. The van der Waals surface area contributed by atoms with Crippen molar-refractivity contribution >= 4 is 35.0 Å². The number of hydrogen-bond acceptors (Lipinski definition) is 4. The summed E-state index contributed by atoms with van der Waals surface area (Å²) in [6, 6.07) is 8.76. The van der Waals surface area contributed by atoms with Gasteiger partial charge in [-0.2, -0.15) is 0 Å². The van der Waals surface area contributed by atoms with Crippen LogP contribution >= 0.6 is 23.1 Å². The fourth-order valence-corrected chi connectivity index (χ4v) is 3.30. The van der Waals surface area contributed by atoms with Crippen molar-refractivity contribution in [1.29, 1.82) is 0 Å². The molecule has 98 valence electrons. The summed E-state index contributed by atoms with van der Waals surface area (Å²) in [5, 5.41) is 10.6. The standard InChI is InChI=1S/C13H11NO3S2/c14-12(15)9-3-1-2-8(4-9)6-18-10-5-11(13(16)17)19-7-10/h1-5,7H,6H2,(H2,14,15)(H,16,17). The number of aromatic carboxylic acids is 1. The molecule has 0 atom stereocenters. The molecule has 0 aliphatic heterocycles. The molecule has 0 saturated carbocycles. The van der Waals surface area contributed by atoms with Crippen LogP contribution in [-0.4, -0.2) is 17.0 Å². The molecule has 19 heavy (non-hydrogen) atoms. The summed E-state index contributed by atoms with van der Waals surface area (Å²) in [5.74, 6) is -0.695. The normalized spacial score (nSPS) is 10.3. The molecular weight excluding hydrogens is 282 g/mol. The van der Waals surface area contributed by atoms with Crippen molar-refractivity contribution in [1.82, 2.24) is 0 Å². The van der Waals surface area contributed by atoms with E-state index in [0.29, 0.717) is 16.2 Å². The average molecular weight is 293 g/mol. The zero-order chi connectivity index (χ0) is 13.8. The van der Waals surface area contributed by atoms with Gasteiger partial charge >= 0.3 is 5.97 Å². The minimum absolute atomic E-state index is 0.327. The Bertz CT molecular complexity index is 622. The lowest BCUT2D eigenvalue weighted by Gasteiger charge is -2.02. The molecule has 4 nitrogen and oxygen atoms in total. The lowest BCUT2D eigenvalue weighted by molar-refractivity contribution is 0.0701. The maximum atomic E-state index is 11.1. The third kappa shape index (κ3) is 3.59. The van der Waals surface area contributed by atoms with Crippen molar-refractivity contribution < 1.29 is 14.7 Å². The van der Waals surface area contributed by atoms with Gasteiger partial charge < -0.3 is 10.8 Å². The Kier molecular flexibility index (Phi) is 4.24. The first kappa shape index (κ1) is 13.6. The Morgan fingerprint density at radius 1 is 1.32 bits per heavy atom. The molecule has 1 amide bonds. The number of primary amides is 1. The quantitative estimate of drug-likeness (QED) is 0.831. The van der Waals surface area contributed by atoms with Crippen LogP contribution in [0.25, 0.3) is 0 Å². The molecule has 1 aromatic heterocycles. The highest BCUT2D eigenvalue weighted by molar-refractivity contribution is 7.98. The van der Waals surface area contributed by atoms with Crippen LogP contribution in [0, 0.1) is 0 Å². The third-order valence-electron chi connectivity index (χ3n) is 2.40. The van der Waals surface area contributed by atoms with E-state index in [4.69, 9.17) is 10.8 Å². The van der Waals surface area contributed by atoms with Crippen LogP contribution in [0.1, 0.15) is 25.6 Å². The van der Waals surface area contributed by atoms with Crippen LogP contribution in [0.15, 0.2) is 40.6 Å². The van der Waals surface area contributed by atoms with E-state index in [2.05, 4.69) is 0 Å². The molecular formula is C13H11NO3S2. The minimum Gasteiger partial charge on any atom is -0.477 e. The number of carboxylic acid groups (broad SMARTS) is 1. The monoisotopic (exact) mass is 293 g/mol. The first-order valence-corrected chi connectivity index (χ1v) is 7.26. The van der Waals surface area contributed by atoms with Gasteiger partial charge in [0.1, 0.15) is 4.88 Å². The SMILES string of the molecule is NC(=O)c1cccc(CSc2csc(C(=O)O)c2)c1. The fourth-order valence-electron chi connectivity index (χ4n) is 1.49. The molecule has 0 aliphatic rings. The number of carbonyl (C=O) groups is 2. The van der Waals surface area contributed by atoms with Crippen molar-refractivity contribution in [3.05, 3.63) is 51.7 Å². The predicted octanol–water partition coefficient (Wildman–Crippen LogP) is 2.84. The second kappa shape index (κ2) is 5.90. The summed E-state index contributed by atoms with van der Waals surface area (Å²) in [7, 11) is 0. The second-order valence-electron chi connectivity index (χ2n) is 3.81. The smallest absolute Gasteiger partial charge is 0.345 e. The van der Waals surface area contributed by atoms with Crippen molar-refractivity contribution in [2.24, 2.45) is 5.73 Å². The number of hydrogen-bond donors (Lipinski definition) is 2. The van der Waals surface area contributed by atoms with Gasteiger partial charge in [-0.25, -0.2) is 4.79 Å². The van der Waals surface area contributed by atoms with Gasteiger partial charge in [-0.15, -0.1) is 23.1 Å². The lowest BCUT2D eigenvalue weighted by atomic mass is 10.1. The number of nitrogens with two attached hydrogens (primary N) is 1. The minimum atomic E-state index is -0.910. The number of thioether (sulfide) groups is 1. The number of thiophene rings is 1. The lowest BCUT2D eigenvalue weighted by Crippen LogP contribution is -2.10. The fraction of sp³-hybridized carbons (Fsp3) is 0.0769. The van der Waals surface area contributed by atoms with Crippen LogP contribution in [-0.2, 0) is 5.75 Å². The van der Waals surface area contributed by atoms with Crippen LogP contribution < -0.4 is 5.73 Å². The van der Waals surface area contributed by atoms with Gasteiger partial charge in [0.2, 0.25) is 5.91 Å². The molecule has 2 aromatic rings. The van der Waals surface area contributed by atoms with E-state index in [0.717, 1.165) is 10.5 Å². The van der Waals surface area contributed by atoms with Gasteiger partial charge in [-0.3, -0.25) is 4.79 Å². The Labute approximate surface area is 118 Å². The van der Waals surface area contributed by atoms with Gasteiger partial charge in [-0.05, 0) is 23.8 Å². The number of carboxylic acids is 1. The van der Waals surface area contributed by atoms with Gasteiger partial charge in [0.05, 0.1) is 0 Å². The molecule has 0 aliphatic carbocycles. The summed E-state index contributed by atoms with van der Waals surface area (Å²) in [6.07, 6.45) is 0. The number of carbonyl (C=O) groups excluding carboxylic acids is 1. The first-order chi connectivity index (χ1) is 9.06. The molecule has 0 bridgehead atoms. The second-order valence-corrected chi connectivity index (χ2v) is 5.77. The molecule has 0 unspecified atom stereocenters. The Hall–Kier alpha value is -1.79. The maximum absolute atomic E-state index is 11.1. The average Bonchev–Trinajstić information content (AvgIpc) is 2.85. The van der Waals surface area contributed by atoms with Crippen LogP contribution in [0.5, 0.6) is 0 Å². The Morgan fingerprint density at radius 2 is 2.11 bits per heavy atom. The highest BCUT2D eigenvalue weighted by Crippen LogP contribution is 2.27. The molecule has 0 radical (unpaired) electrons. The van der Waals surface area contributed by atoms with Gasteiger partial charge in [0, 0.05) is 21.6 Å². The van der Waals surface area contributed by atoms with Gasteiger partial charge in [0.25, 0.3) is 0 Å². The van der Waals surface area contributed by atoms with E-state index in [1.807, 2.05) is 11.4 Å². The topological polar surface area (TPSA) is 80.4 Å². The largest absolute Gasteiger partial charge is 0.477 e. The van der Waals surface area contributed by atoms with E-state index in [1.165, 1.54) is 23.1 Å². The van der Waals surface area contributed by atoms with E-state index in [9.17, 15) is 9.59 Å². The van der Waals surface area contributed by atoms with Crippen LogP contribution in [0.4, 0.5) is 0 Å². The predicted molar refractivity (Wildman–Crippen MR) is 75.8 cm³/mol. The number of rotatable bonds is 5. The van der Waals surface area contributed by atoms with E-state index in [1.54, 1.807) is 24.3 Å².